The Hall–Kier alpha value is -0.120. The van der Waals surface area contributed by atoms with Gasteiger partial charge in [0, 0.05) is 0 Å². The third kappa shape index (κ3) is 2.04. The summed E-state index contributed by atoms with van der Waals surface area (Å²) in [6.45, 7) is 2.21. The van der Waals surface area contributed by atoms with E-state index in [1.54, 1.807) is 0 Å². The fraction of sp³-hybridized carbons (Fsp3) is 1.00. The summed E-state index contributed by atoms with van der Waals surface area (Å²) in [7, 11) is 0. The summed E-state index contributed by atoms with van der Waals surface area (Å²) in [6, 6.07) is 0. The number of aliphatic hydroxyl groups excluding tert-OH is 3. The molecule has 0 heterocycles. The summed E-state index contributed by atoms with van der Waals surface area (Å²) in [5.41, 5.74) is -0.0540. The van der Waals surface area contributed by atoms with Gasteiger partial charge in [-0.1, -0.05) is 6.92 Å². The molecule has 0 aromatic rings. The summed E-state index contributed by atoms with van der Waals surface area (Å²) < 4.78 is 0. The molecule has 3 heteroatoms. The van der Waals surface area contributed by atoms with Crippen molar-refractivity contribution in [1.82, 2.24) is 0 Å². The van der Waals surface area contributed by atoms with Crippen LogP contribution >= 0.6 is 0 Å². The van der Waals surface area contributed by atoms with Gasteiger partial charge in [0.2, 0.25) is 0 Å². The molecule has 4 fully saturated rings. The molecule has 0 aliphatic heterocycles. The summed E-state index contributed by atoms with van der Waals surface area (Å²) in [5.74, 6) is 3.52. The van der Waals surface area contributed by atoms with E-state index in [2.05, 4.69) is 6.92 Å². The van der Waals surface area contributed by atoms with E-state index in [1.165, 1.54) is 25.7 Å². The van der Waals surface area contributed by atoms with Gasteiger partial charge in [0.15, 0.2) is 0 Å². The van der Waals surface area contributed by atoms with Crippen LogP contribution in [-0.2, 0) is 0 Å². The third-order valence-electron chi connectivity index (χ3n) is 7.90. The number of rotatable bonds is 0. The Labute approximate surface area is 127 Å². The molecule has 4 saturated carbocycles. The molecule has 9 atom stereocenters. The van der Waals surface area contributed by atoms with Crippen LogP contribution in [0.1, 0.15) is 58.3 Å². The van der Waals surface area contributed by atoms with E-state index >= 15 is 0 Å². The maximum absolute atomic E-state index is 10.4. The number of hydrogen-bond acceptors (Lipinski definition) is 3. The minimum Gasteiger partial charge on any atom is -0.393 e. The van der Waals surface area contributed by atoms with Crippen molar-refractivity contribution < 1.29 is 15.3 Å². The summed E-state index contributed by atoms with van der Waals surface area (Å²) >= 11 is 0. The van der Waals surface area contributed by atoms with Gasteiger partial charge in [-0.3, -0.25) is 0 Å². The lowest BCUT2D eigenvalue weighted by Crippen LogP contribution is -2.50. The summed E-state index contributed by atoms with van der Waals surface area (Å²) in [5, 5.41) is 30.5. The van der Waals surface area contributed by atoms with Gasteiger partial charge >= 0.3 is 0 Å². The Morgan fingerprint density at radius 2 is 1.57 bits per heavy atom. The lowest BCUT2D eigenvalue weighted by Gasteiger charge is -2.55. The van der Waals surface area contributed by atoms with Crippen LogP contribution < -0.4 is 0 Å². The normalized spacial score (nSPS) is 60.0. The van der Waals surface area contributed by atoms with Gasteiger partial charge in [0.25, 0.3) is 0 Å². The average molecular weight is 294 g/mol. The second kappa shape index (κ2) is 4.94. The van der Waals surface area contributed by atoms with Crippen LogP contribution in [0.4, 0.5) is 0 Å². The molecule has 0 amide bonds. The highest BCUT2D eigenvalue weighted by Gasteiger charge is 2.59. The Balaban J connectivity index is 1.58. The topological polar surface area (TPSA) is 60.7 Å². The highest BCUT2D eigenvalue weighted by Crippen LogP contribution is 2.62. The molecule has 0 aromatic heterocycles. The molecule has 120 valence electrons. The molecular formula is C18H30O3. The van der Waals surface area contributed by atoms with Crippen LogP contribution in [0.3, 0.4) is 0 Å². The zero-order chi connectivity index (χ0) is 14.8. The Kier molecular flexibility index (Phi) is 3.40. The quantitative estimate of drug-likeness (QED) is 0.642. The summed E-state index contributed by atoms with van der Waals surface area (Å²) in [6.07, 6.45) is 7.70. The van der Waals surface area contributed by atoms with E-state index < -0.39 is 12.2 Å². The maximum Gasteiger partial charge on any atom is 0.0855 e. The van der Waals surface area contributed by atoms with Crippen molar-refractivity contribution in [2.24, 2.45) is 35.0 Å². The van der Waals surface area contributed by atoms with E-state index in [0.29, 0.717) is 11.8 Å². The first-order chi connectivity index (χ1) is 10.0. The monoisotopic (exact) mass is 294 g/mol. The molecule has 0 radical (unpaired) electrons. The first-order valence-electron chi connectivity index (χ1n) is 9.05. The van der Waals surface area contributed by atoms with Crippen LogP contribution in [0.25, 0.3) is 0 Å². The average Bonchev–Trinajstić information content (AvgIpc) is 2.70. The van der Waals surface area contributed by atoms with Crippen molar-refractivity contribution in [1.29, 1.82) is 0 Å². The van der Waals surface area contributed by atoms with Crippen LogP contribution in [0.2, 0.25) is 0 Å². The van der Waals surface area contributed by atoms with Crippen LogP contribution in [0.5, 0.6) is 0 Å². The molecule has 3 nitrogen and oxygen atoms in total. The minimum atomic E-state index is -0.519. The van der Waals surface area contributed by atoms with E-state index in [0.717, 1.165) is 43.4 Å². The standard InChI is InChI=1S/C18H30O3/c1-18-7-6-13-12-5-3-11(19)8-10(12)2-4-14(13)15(18)9-16(20)17(18)21/h10-17,19-21H,2-9H2,1H3/t10-,11-,12?,13-,14-,15+,16-,17+,18+/m1/s1. The second-order valence-electron chi connectivity index (χ2n) is 8.69. The lowest BCUT2D eigenvalue weighted by atomic mass is 9.50. The Bertz CT molecular complexity index is 411. The number of fused-ring (bicyclic) bond motifs is 5. The van der Waals surface area contributed by atoms with Crippen LogP contribution in [-0.4, -0.2) is 33.6 Å². The van der Waals surface area contributed by atoms with Gasteiger partial charge in [-0.25, -0.2) is 0 Å². The van der Waals surface area contributed by atoms with Gasteiger partial charge < -0.3 is 15.3 Å². The first kappa shape index (κ1) is 14.5. The van der Waals surface area contributed by atoms with Gasteiger partial charge in [0.05, 0.1) is 18.3 Å². The van der Waals surface area contributed by atoms with Crippen molar-refractivity contribution in [3.05, 3.63) is 0 Å². The fourth-order valence-corrected chi connectivity index (χ4v) is 6.82. The maximum atomic E-state index is 10.4. The van der Waals surface area contributed by atoms with E-state index in [9.17, 15) is 15.3 Å². The third-order valence-corrected chi connectivity index (χ3v) is 7.90. The van der Waals surface area contributed by atoms with Crippen molar-refractivity contribution in [3.63, 3.8) is 0 Å². The van der Waals surface area contributed by atoms with E-state index in [-0.39, 0.29) is 11.5 Å². The molecule has 0 saturated heterocycles. The molecular weight excluding hydrogens is 264 g/mol. The predicted octanol–water partition coefficient (Wildman–Crippen LogP) is 2.33. The second-order valence-corrected chi connectivity index (χ2v) is 8.69. The molecule has 4 rings (SSSR count). The fourth-order valence-electron chi connectivity index (χ4n) is 6.82. The lowest BCUT2D eigenvalue weighted by molar-refractivity contribution is -0.0973. The molecule has 0 bridgehead atoms. The highest BCUT2D eigenvalue weighted by molar-refractivity contribution is 5.08. The van der Waals surface area contributed by atoms with Gasteiger partial charge in [0.1, 0.15) is 0 Å². The molecule has 0 spiro atoms. The first-order valence-corrected chi connectivity index (χ1v) is 9.05. The smallest absolute Gasteiger partial charge is 0.0855 e. The predicted molar refractivity (Wildman–Crippen MR) is 80.5 cm³/mol. The number of hydrogen-bond donors (Lipinski definition) is 3. The highest BCUT2D eigenvalue weighted by atomic mass is 16.3. The van der Waals surface area contributed by atoms with Gasteiger partial charge in [-0.2, -0.15) is 0 Å². The zero-order valence-corrected chi connectivity index (χ0v) is 13.1. The Morgan fingerprint density at radius 1 is 0.810 bits per heavy atom. The summed E-state index contributed by atoms with van der Waals surface area (Å²) in [4.78, 5) is 0. The van der Waals surface area contributed by atoms with Crippen molar-refractivity contribution in [2.45, 2.75) is 76.6 Å². The molecule has 1 unspecified atom stereocenters. The molecule has 21 heavy (non-hydrogen) atoms. The molecule has 4 aliphatic rings. The zero-order valence-electron chi connectivity index (χ0n) is 13.1. The van der Waals surface area contributed by atoms with Gasteiger partial charge in [-0.05, 0) is 86.4 Å². The van der Waals surface area contributed by atoms with Crippen molar-refractivity contribution >= 4 is 0 Å². The van der Waals surface area contributed by atoms with E-state index in [4.69, 9.17) is 0 Å². The molecule has 0 aromatic carbocycles. The van der Waals surface area contributed by atoms with Gasteiger partial charge in [-0.15, -0.1) is 0 Å². The number of aliphatic hydroxyl groups is 3. The Morgan fingerprint density at radius 3 is 2.38 bits per heavy atom. The van der Waals surface area contributed by atoms with E-state index in [1.807, 2.05) is 0 Å². The SMILES string of the molecule is C[C@]12CC[C@@H]3C4CC[C@@H](O)C[C@H]4CC[C@H]3[C@@H]1C[C@@H](O)[C@@H]2O. The van der Waals surface area contributed by atoms with Crippen LogP contribution in [0.15, 0.2) is 0 Å². The largest absolute Gasteiger partial charge is 0.393 e. The van der Waals surface area contributed by atoms with Crippen molar-refractivity contribution in [2.75, 3.05) is 0 Å². The minimum absolute atomic E-state index is 0.0540. The van der Waals surface area contributed by atoms with Crippen LogP contribution in [0, 0.1) is 35.0 Å². The molecule has 3 N–H and O–H groups in total. The molecule has 4 aliphatic carbocycles. The van der Waals surface area contributed by atoms with Crippen molar-refractivity contribution in [3.8, 4) is 0 Å².